The molecule has 0 aromatic carbocycles. The molecule has 2 heterocycles. The van der Waals surface area contributed by atoms with Crippen molar-refractivity contribution in [3.63, 3.8) is 0 Å². The summed E-state index contributed by atoms with van der Waals surface area (Å²) in [4.78, 5) is 17.6. The minimum atomic E-state index is -0.351. The van der Waals surface area contributed by atoms with Gasteiger partial charge in [0, 0.05) is 11.1 Å². The lowest BCUT2D eigenvalue weighted by molar-refractivity contribution is 0.0958. The summed E-state index contributed by atoms with van der Waals surface area (Å²) in [5.41, 5.74) is 11.1. The van der Waals surface area contributed by atoms with Crippen molar-refractivity contribution in [1.29, 1.82) is 0 Å². The Bertz CT molecular complexity index is 650. The summed E-state index contributed by atoms with van der Waals surface area (Å²) >= 11 is 1.31. The lowest BCUT2D eigenvalue weighted by Crippen LogP contribution is -2.29. The van der Waals surface area contributed by atoms with Gasteiger partial charge in [-0.05, 0) is 37.3 Å². The van der Waals surface area contributed by atoms with Gasteiger partial charge in [-0.3, -0.25) is 10.2 Å². The maximum Gasteiger partial charge on any atom is 0.277 e. The van der Waals surface area contributed by atoms with E-state index in [2.05, 4.69) is 11.5 Å². The number of anilines is 1. The molecule has 0 unspecified atom stereocenters. The highest BCUT2D eigenvalue weighted by molar-refractivity contribution is 7.21. The number of aromatic nitrogens is 1. The second kappa shape index (κ2) is 4.79. The molecule has 0 aliphatic heterocycles. The first-order chi connectivity index (χ1) is 9.20. The quantitative estimate of drug-likeness (QED) is 0.320. The van der Waals surface area contributed by atoms with Crippen LogP contribution in [0.5, 0.6) is 0 Å². The summed E-state index contributed by atoms with van der Waals surface area (Å²) < 4.78 is 0. The summed E-state index contributed by atoms with van der Waals surface area (Å²) in [5.74, 6) is 4.82. The fraction of sp³-hybridized carbons (Fsp3) is 0.385. The van der Waals surface area contributed by atoms with Crippen LogP contribution in [0.2, 0.25) is 0 Å². The number of rotatable bonds is 1. The van der Waals surface area contributed by atoms with Crippen LogP contribution in [0, 0.1) is 0 Å². The van der Waals surface area contributed by atoms with E-state index in [9.17, 15) is 4.79 Å². The monoisotopic (exact) mass is 276 g/mol. The number of nitrogen functional groups attached to an aromatic ring is 2. The molecule has 6 heteroatoms. The third-order valence-electron chi connectivity index (χ3n) is 3.59. The summed E-state index contributed by atoms with van der Waals surface area (Å²) in [6.45, 7) is 0. The van der Waals surface area contributed by atoms with Gasteiger partial charge in [-0.1, -0.05) is 6.42 Å². The van der Waals surface area contributed by atoms with Crippen molar-refractivity contribution in [3.05, 3.63) is 22.2 Å². The maximum absolute atomic E-state index is 11.6. The lowest BCUT2D eigenvalue weighted by atomic mass is 10.1. The van der Waals surface area contributed by atoms with Crippen LogP contribution in [-0.2, 0) is 12.8 Å². The number of hydrogen-bond donors (Lipinski definition) is 3. The van der Waals surface area contributed by atoms with Crippen LogP contribution in [0.3, 0.4) is 0 Å². The zero-order valence-corrected chi connectivity index (χ0v) is 11.3. The first kappa shape index (κ1) is 12.4. The summed E-state index contributed by atoms with van der Waals surface area (Å²) in [6, 6.07) is 2.10. The predicted molar refractivity (Wildman–Crippen MR) is 76.9 cm³/mol. The molecule has 0 atom stereocenters. The van der Waals surface area contributed by atoms with E-state index in [1.54, 1.807) is 0 Å². The van der Waals surface area contributed by atoms with Gasteiger partial charge >= 0.3 is 0 Å². The number of pyridine rings is 1. The van der Waals surface area contributed by atoms with Crippen LogP contribution < -0.4 is 17.0 Å². The van der Waals surface area contributed by atoms with Crippen molar-refractivity contribution in [1.82, 2.24) is 10.4 Å². The number of fused-ring (bicyclic) bond motifs is 2. The van der Waals surface area contributed by atoms with Gasteiger partial charge in [0.25, 0.3) is 5.91 Å². The van der Waals surface area contributed by atoms with E-state index in [1.807, 2.05) is 0 Å². The molecule has 0 bridgehead atoms. The highest BCUT2D eigenvalue weighted by Gasteiger charge is 2.19. The molecule has 19 heavy (non-hydrogen) atoms. The average Bonchev–Trinajstić information content (AvgIpc) is 2.62. The van der Waals surface area contributed by atoms with Crippen molar-refractivity contribution in [2.45, 2.75) is 32.1 Å². The van der Waals surface area contributed by atoms with E-state index >= 15 is 0 Å². The van der Waals surface area contributed by atoms with E-state index in [1.165, 1.54) is 36.2 Å². The van der Waals surface area contributed by atoms with E-state index in [4.69, 9.17) is 16.6 Å². The number of carbonyl (C=O) groups is 1. The smallest absolute Gasteiger partial charge is 0.277 e. The standard InChI is InChI=1S/C13H16N4OS/c14-10-8-6-7-4-2-1-3-5-9(7)16-13(8)19-11(10)12(18)17-15/h6H,1-5,14-15H2,(H,17,18). The molecule has 0 spiro atoms. The van der Waals surface area contributed by atoms with Crippen LogP contribution in [0.1, 0.15) is 40.2 Å². The normalized spacial score (nSPS) is 15.0. The van der Waals surface area contributed by atoms with E-state index in [-0.39, 0.29) is 5.91 Å². The highest BCUT2D eigenvalue weighted by atomic mass is 32.1. The first-order valence-electron chi connectivity index (χ1n) is 6.42. The first-order valence-corrected chi connectivity index (χ1v) is 7.24. The Morgan fingerprint density at radius 3 is 2.89 bits per heavy atom. The van der Waals surface area contributed by atoms with Crippen molar-refractivity contribution in [3.8, 4) is 0 Å². The van der Waals surface area contributed by atoms with Crippen LogP contribution >= 0.6 is 11.3 Å². The minimum absolute atomic E-state index is 0.351. The number of carbonyl (C=O) groups excluding carboxylic acids is 1. The maximum atomic E-state index is 11.6. The Morgan fingerprint density at radius 2 is 2.11 bits per heavy atom. The van der Waals surface area contributed by atoms with E-state index < -0.39 is 0 Å². The molecule has 100 valence electrons. The highest BCUT2D eigenvalue weighted by Crippen LogP contribution is 2.34. The number of thiophene rings is 1. The Balaban J connectivity index is 2.17. The van der Waals surface area contributed by atoms with E-state index in [0.29, 0.717) is 10.6 Å². The summed E-state index contributed by atoms with van der Waals surface area (Å²) in [5, 5.41) is 0.879. The van der Waals surface area contributed by atoms with Crippen LogP contribution in [0.25, 0.3) is 10.2 Å². The molecule has 0 radical (unpaired) electrons. The topological polar surface area (TPSA) is 94.0 Å². The average molecular weight is 276 g/mol. The number of nitrogens with one attached hydrogen (secondary N) is 1. The SMILES string of the molecule is NNC(=O)c1sc2nc3c(cc2c1N)CCCCC3. The van der Waals surface area contributed by atoms with Gasteiger partial charge in [0.05, 0.1) is 5.69 Å². The molecule has 2 aromatic rings. The van der Waals surface area contributed by atoms with Gasteiger partial charge in [0.2, 0.25) is 0 Å². The molecule has 5 N–H and O–H groups in total. The number of aryl methyl sites for hydroxylation is 2. The fourth-order valence-electron chi connectivity index (χ4n) is 2.57. The van der Waals surface area contributed by atoms with Gasteiger partial charge in [0.15, 0.2) is 0 Å². The van der Waals surface area contributed by atoms with Gasteiger partial charge in [-0.25, -0.2) is 10.8 Å². The molecule has 1 amide bonds. The largest absolute Gasteiger partial charge is 0.397 e. The lowest BCUT2D eigenvalue weighted by Gasteiger charge is -2.04. The van der Waals surface area contributed by atoms with Gasteiger partial charge in [-0.15, -0.1) is 11.3 Å². The zero-order chi connectivity index (χ0) is 13.4. The van der Waals surface area contributed by atoms with Crippen LogP contribution in [0.15, 0.2) is 6.07 Å². The minimum Gasteiger partial charge on any atom is -0.397 e. The fourth-order valence-corrected chi connectivity index (χ4v) is 3.57. The van der Waals surface area contributed by atoms with Crippen molar-refractivity contribution < 1.29 is 4.79 Å². The number of nitrogens with two attached hydrogens (primary N) is 2. The number of amides is 1. The molecule has 5 nitrogen and oxygen atoms in total. The molecule has 2 aromatic heterocycles. The third kappa shape index (κ3) is 2.06. The summed E-state index contributed by atoms with van der Waals surface area (Å²) in [7, 11) is 0. The second-order valence-corrected chi connectivity index (χ2v) is 5.82. The van der Waals surface area contributed by atoms with Crippen molar-refractivity contribution >= 4 is 33.1 Å². The molecule has 0 saturated heterocycles. The second-order valence-electron chi connectivity index (χ2n) is 4.83. The zero-order valence-electron chi connectivity index (χ0n) is 10.5. The Hall–Kier alpha value is -1.66. The molecular weight excluding hydrogens is 260 g/mol. The molecule has 0 saturated carbocycles. The van der Waals surface area contributed by atoms with Crippen LogP contribution in [0.4, 0.5) is 5.69 Å². The number of hydrazine groups is 1. The third-order valence-corrected chi connectivity index (χ3v) is 4.70. The molecule has 1 aliphatic rings. The Morgan fingerprint density at radius 1 is 1.32 bits per heavy atom. The number of nitrogens with zero attached hydrogens (tertiary/aromatic N) is 1. The Kier molecular flexibility index (Phi) is 3.12. The van der Waals surface area contributed by atoms with Gasteiger partial charge in [-0.2, -0.15) is 0 Å². The predicted octanol–water partition coefficient (Wildman–Crippen LogP) is 1.75. The van der Waals surface area contributed by atoms with Gasteiger partial charge in [0.1, 0.15) is 9.71 Å². The molecule has 3 rings (SSSR count). The van der Waals surface area contributed by atoms with Gasteiger partial charge < -0.3 is 5.73 Å². The molecular formula is C13H16N4OS. The van der Waals surface area contributed by atoms with Crippen LogP contribution in [-0.4, -0.2) is 10.9 Å². The van der Waals surface area contributed by atoms with E-state index in [0.717, 1.165) is 28.8 Å². The molecule has 0 fully saturated rings. The molecule has 1 aliphatic carbocycles. The number of hydrogen-bond acceptors (Lipinski definition) is 5. The van der Waals surface area contributed by atoms with Crippen molar-refractivity contribution in [2.24, 2.45) is 5.84 Å². The Labute approximate surface area is 115 Å². The summed E-state index contributed by atoms with van der Waals surface area (Å²) in [6.07, 6.45) is 5.69. The van der Waals surface area contributed by atoms with Crippen molar-refractivity contribution in [2.75, 3.05) is 5.73 Å².